The van der Waals surface area contributed by atoms with Gasteiger partial charge in [0.15, 0.2) is 0 Å². The van der Waals surface area contributed by atoms with Crippen molar-refractivity contribution in [3.63, 3.8) is 0 Å². The van der Waals surface area contributed by atoms with Crippen molar-refractivity contribution in [2.45, 2.75) is 27.3 Å². The van der Waals surface area contributed by atoms with E-state index in [-0.39, 0.29) is 23.6 Å². The minimum Gasteiger partial charge on any atom is -0.395 e. The summed E-state index contributed by atoms with van der Waals surface area (Å²) in [5.74, 6) is 0.581. The fraction of sp³-hybridized carbons (Fsp3) is 0.524. The van der Waals surface area contributed by atoms with E-state index in [2.05, 4.69) is 15.9 Å². The third kappa shape index (κ3) is 4.41. The predicted molar refractivity (Wildman–Crippen MR) is 127 cm³/mol. The summed E-state index contributed by atoms with van der Waals surface area (Å²) in [5.41, 5.74) is 1.08. The van der Waals surface area contributed by atoms with Gasteiger partial charge >= 0.3 is 0 Å². The Morgan fingerprint density at radius 3 is 2.39 bits per heavy atom. The van der Waals surface area contributed by atoms with Crippen molar-refractivity contribution in [1.29, 1.82) is 5.26 Å². The van der Waals surface area contributed by atoms with E-state index in [1.165, 1.54) is 11.8 Å². The van der Waals surface area contributed by atoms with Crippen LogP contribution in [0, 0.1) is 18.3 Å². The average Bonchev–Trinajstić information content (AvgIpc) is 3.03. The Hall–Kier alpha value is -2.19. The maximum Gasteiger partial charge on any atom is 0.270 e. The molecule has 0 atom stereocenters. The monoisotopic (exact) mass is 461 g/mol. The lowest BCUT2D eigenvalue weighted by atomic mass is 10.0. The molecule has 31 heavy (non-hydrogen) atoms. The van der Waals surface area contributed by atoms with Gasteiger partial charge < -0.3 is 10.0 Å². The first-order valence-electron chi connectivity index (χ1n) is 10.4. The predicted octanol–water partition coefficient (Wildman–Crippen LogP) is 1.38. The number of thioether (sulfide) groups is 1. The molecule has 10 heteroatoms. The van der Waals surface area contributed by atoms with Crippen LogP contribution < -0.4 is 10.5 Å². The minimum absolute atomic E-state index is 0.0988. The fourth-order valence-corrected chi connectivity index (χ4v) is 5.37. The maximum atomic E-state index is 13.0. The molecule has 2 saturated heterocycles. The Bertz CT molecular complexity index is 1020. The molecule has 0 saturated carbocycles. The number of piperazine rings is 1. The number of amides is 1. The average molecular weight is 462 g/mol. The number of nitriles is 1. The Kier molecular flexibility index (Phi) is 7.54. The maximum absolute atomic E-state index is 13.0. The summed E-state index contributed by atoms with van der Waals surface area (Å²) >= 11 is 6.59. The van der Waals surface area contributed by atoms with E-state index in [9.17, 15) is 20.0 Å². The number of aliphatic hydroxyl groups excluding tert-OH is 1. The Morgan fingerprint density at radius 2 is 1.87 bits per heavy atom. The van der Waals surface area contributed by atoms with Gasteiger partial charge in [0, 0.05) is 51.4 Å². The van der Waals surface area contributed by atoms with Crippen LogP contribution in [-0.4, -0.2) is 75.6 Å². The van der Waals surface area contributed by atoms with Crippen LogP contribution in [-0.2, 0) is 11.3 Å². The van der Waals surface area contributed by atoms with Gasteiger partial charge in [0.25, 0.3) is 11.5 Å². The zero-order chi connectivity index (χ0) is 22.7. The summed E-state index contributed by atoms with van der Waals surface area (Å²) in [7, 11) is 0. The van der Waals surface area contributed by atoms with Gasteiger partial charge in [0.05, 0.1) is 11.5 Å². The Morgan fingerprint density at radius 1 is 1.19 bits per heavy atom. The van der Waals surface area contributed by atoms with Crippen LogP contribution in [0.3, 0.4) is 0 Å². The molecule has 8 nitrogen and oxygen atoms in total. The van der Waals surface area contributed by atoms with Crippen LogP contribution in [0.4, 0.5) is 5.82 Å². The van der Waals surface area contributed by atoms with Gasteiger partial charge in [-0.2, -0.15) is 5.26 Å². The molecule has 0 radical (unpaired) electrons. The summed E-state index contributed by atoms with van der Waals surface area (Å²) in [4.78, 5) is 32.2. The lowest BCUT2D eigenvalue weighted by molar-refractivity contribution is -0.121. The molecule has 166 valence electrons. The topological polar surface area (TPSA) is 92.8 Å². The number of carbonyl (C=O) groups is 1. The highest BCUT2D eigenvalue weighted by Gasteiger charge is 2.32. The second-order valence-corrected chi connectivity index (χ2v) is 9.05. The smallest absolute Gasteiger partial charge is 0.270 e. The number of hydrogen-bond acceptors (Lipinski definition) is 8. The van der Waals surface area contributed by atoms with Gasteiger partial charge in [0.2, 0.25) is 0 Å². The van der Waals surface area contributed by atoms with Crippen LogP contribution in [0.2, 0.25) is 0 Å². The van der Waals surface area contributed by atoms with Crippen molar-refractivity contribution in [2.75, 3.05) is 50.8 Å². The second kappa shape index (κ2) is 9.96. The van der Waals surface area contributed by atoms with E-state index in [1.807, 2.05) is 13.8 Å². The van der Waals surface area contributed by atoms with Gasteiger partial charge in [-0.05, 0) is 32.4 Å². The molecule has 2 aliphatic heterocycles. The number of rotatable bonds is 6. The number of thiocarbonyl (C=S) groups is 1. The molecule has 2 aliphatic rings. The molecule has 1 N–H and O–H groups in total. The van der Waals surface area contributed by atoms with Gasteiger partial charge in [-0.1, -0.05) is 24.0 Å². The molecular formula is C21H27N5O3S2. The quantitative estimate of drug-likeness (QED) is 0.502. The molecule has 3 heterocycles. The summed E-state index contributed by atoms with van der Waals surface area (Å²) < 4.78 is 2.14. The van der Waals surface area contributed by atoms with Crippen molar-refractivity contribution >= 4 is 46.1 Å². The van der Waals surface area contributed by atoms with E-state index in [4.69, 9.17) is 12.2 Å². The summed E-state index contributed by atoms with van der Waals surface area (Å²) in [6.45, 7) is 10.0. The largest absolute Gasteiger partial charge is 0.395 e. The third-order valence-corrected chi connectivity index (χ3v) is 7.09. The lowest BCUT2D eigenvalue weighted by Gasteiger charge is -2.37. The molecule has 0 spiro atoms. The second-order valence-electron chi connectivity index (χ2n) is 7.38. The summed E-state index contributed by atoms with van der Waals surface area (Å²) in [5, 5.41) is 18.9. The molecule has 1 amide bonds. The number of nitrogens with zero attached hydrogens (tertiary/aromatic N) is 5. The van der Waals surface area contributed by atoms with Crippen LogP contribution in [0.15, 0.2) is 9.70 Å². The Labute approximate surface area is 191 Å². The summed E-state index contributed by atoms with van der Waals surface area (Å²) in [6, 6.07) is 2.05. The van der Waals surface area contributed by atoms with Crippen molar-refractivity contribution in [1.82, 2.24) is 14.4 Å². The number of hydrogen-bond donors (Lipinski definition) is 1. The van der Waals surface area contributed by atoms with E-state index in [0.29, 0.717) is 53.1 Å². The molecule has 3 rings (SSSR count). The van der Waals surface area contributed by atoms with Crippen LogP contribution >= 0.6 is 24.0 Å². The normalized spacial score (nSPS) is 18.9. The number of carbonyl (C=O) groups excluding carboxylic acids is 1. The van der Waals surface area contributed by atoms with Crippen LogP contribution in [0.5, 0.6) is 0 Å². The van der Waals surface area contributed by atoms with Crippen LogP contribution in [0.1, 0.15) is 30.5 Å². The molecule has 2 fully saturated rings. The highest BCUT2D eigenvalue weighted by atomic mass is 32.2. The summed E-state index contributed by atoms with van der Waals surface area (Å²) in [6.07, 6.45) is 1.78. The van der Waals surface area contributed by atoms with E-state index in [0.717, 1.165) is 18.9 Å². The number of likely N-dealkylation sites (N-methyl/N-ethyl adjacent to an activating group) is 1. The van der Waals surface area contributed by atoms with Gasteiger partial charge in [-0.15, -0.1) is 0 Å². The first-order valence-corrected chi connectivity index (χ1v) is 11.6. The van der Waals surface area contributed by atoms with E-state index >= 15 is 0 Å². The van der Waals surface area contributed by atoms with Crippen molar-refractivity contribution in [3.05, 3.63) is 31.9 Å². The van der Waals surface area contributed by atoms with E-state index < -0.39 is 0 Å². The molecule has 1 aromatic heterocycles. The molecule has 0 aliphatic carbocycles. The van der Waals surface area contributed by atoms with Gasteiger partial charge in [-0.25, -0.2) is 0 Å². The van der Waals surface area contributed by atoms with Crippen LogP contribution in [0.25, 0.3) is 6.08 Å². The van der Waals surface area contributed by atoms with Gasteiger partial charge in [0.1, 0.15) is 21.8 Å². The standard InChI is InChI=1S/C21H27N5O3S2/c1-4-25-18(24-8-6-23(7-9-24)10-11-27)15(14(3)16(13-22)19(25)28)12-17-20(29)26(5-2)21(30)31-17/h12,27H,4-11H2,1-3H3. The first kappa shape index (κ1) is 23.5. The third-order valence-electron chi connectivity index (χ3n) is 5.72. The highest BCUT2D eigenvalue weighted by molar-refractivity contribution is 8.26. The Balaban J connectivity index is 2.15. The molecule has 1 aromatic rings. The van der Waals surface area contributed by atoms with Crippen molar-refractivity contribution in [3.8, 4) is 6.07 Å². The molecule has 0 aromatic carbocycles. The zero-order valence-corrected chi connectivity index (χ0v) is 19.7. The van der Waals surface area contributed by atoms with Crippen molar-refractivity contribution in [2.24, 2.45) is 0 Å². The molecular weight excluding hydrogens is 434 g/mol. The zero-order valence-electron chi connectivity index (χ0n) is 18.1. The number of anilines is 1. The highest BCUT2D eigenvalue weighted by Crippen LogP contribution is 2.35. The van der Waals surface area contributed by atoms with Gasteiger partial charge in [-0.3, -0.25) is 24.0 Å². The lowest BCUT2D eigenvalue weighted by Crippen LogP contribution is -2.49. The van der Waals surface area contributed by atoms with Crippen molar-refractivity contribution < 1.29 is 9.90 Å². The number of β-amino-alcohol motifs (C(OH)–C–C–N with tert-alkyl or cyclic N) is 1. The SMILES string of the molecule is CCN1C(=O)C(=Cc2c(C)c(C#N)c(=O)n(CC)c2N2CCN(CCO)CC2)SC1=S. The minimum atomic E-state index is -0.312. The number of aromatic nitrogens is 1. The van der Waals surface area contributed by atoms with E-state index in [1.54, 1.807) is 22.5 Å². The first-order chi connectivity index (χ1) is 14.9. The molecule has 0 bridgehead atoms. The fourth-order valence-electron chi connectivity index (χ4n) is 4.01. The molecule has 0 unspecified atom stereocenters. The number of pyridine rings is 1. The number of aliphatic hydroxyl groups is 1.